The number of hydrogen-bond donors (Lipinski definition) is 0. The van der Waals surface area contributed by atoms with Crippen molar-refractivity contribution in [2.75, 3.05) is 17.8 Å². The molecule has 0 saturated heterocycles. The van der Waals surface area contributed by atoms with Crippen LogP contribution in [0.2, 0.25) is 0 Å². The van der Waals surface area contributed by atoms with Crippen LogP contribution in [-0.4, -0.2) is 17.8 Å². The lowest BCUT2D eigenvalue weighted by Gasteiger charge is -2.01. The minimum Gasteiger partial charge on any atom is -0.165 e. The number of rotatable bonds is 6. The highest BCUT2D eigenvalue weighted by Gasteiger charge is 1.93. The minimum atomic E-state index is 1.25. The molecule has 0 heterocycles. The fraction of sp³-hybridized carbons (Fsp3) is 0.500. The van der Waals surface area contributed by atoms with E-state index in [2.05, 4.69) is 37.4 Å². The Labute approximate surface area is 95.9 Å². The second-order valence-electron chi connectivity index (χ2n) is 3.36. The monoisotopic (exact) mass is 226 g/mol. The third-order valence-corrected chi connectivity index (χ3v) is 3.83. The maximum atomic E-state index is 2.22. The molecule has 0 spiro atoms. The van der Waals surface area contributed by atoms with E-state index in [0.29, 0.717) is 0 Å². The number of hydrogen-bond acceptors (Lipinski definition) is 2. The van der Waals surface area contributed by atoms with Crippen LogP contribution >= 0.6 is 23.5 Å². The molecule has 0 atom stereocenters. The van der Waals surface area contributed by atoms with Gasteiger partial charge >= 0.3 is 0 Å². The smallest absolute Gasteiger partial charge is 0.00721 e. The van der Waals surface area contributed by atoms with Gasteiger partial charge in [-0.15, -0.1) is 11.8 Å². The Kier molecular flexibility index (Phi) is 6.20. The van der Waals surface area contributed by atoms with Crippen LogP contribution in [0.1, 0.15) is 18.4 Å². The highest BCUT2D eigenvalue weighted by Crippen LogP contribution is 2.19. The summed E-state index contributed by atoms with van der Waals surface area (Å²) in [4.78, 5) is 1.40. The van der Waals surface area contributed by atoms with Gasteiger partial charge in [-0.05, 0) is 49.7 Å². The first-order valence-corrected chi connectivity index (χ1v) is 7.39. The Morgan fingerprint density at radius 3 is 2.29 bits per heavy atom. The number of benzene rings is 1. The van der Waals surface area contributed by atoms with Crippen LogP contribution in [0.4, 0.5) is 0 Å². The topological polar surface area (TPSA) is 0 Å². The van der Waals surface area contributed by atoms with E-state index in [1.165, 1.54) is 34.8 Å². The molecule has 0 amide bonds. The molecule has 0 fully saturated rings. The zero-order valence-corrected chi connectivity index (χ0v) is 10.6. The fourth-order valence-corrected chi connectivity index (χ4v) is 2.58. The summed E-state index contributed by atoms with van der Waals surface area (Å²) in [5, 5.41) is 0. The van der Waals surface area contributed by atoms with E-state index >= 15 is 0 Å². The summed E-state index contributed by atoms with van der Waals surface area (Å²) in [5.41, 5.74) is 1.34. The van der Waals surface area contributed by atoms with Crippen molar-refractivity contribution in [1.29, 1.82) is 0 Å². The van der Waals surface area contributed by atoms with Crippen LogP contribution in [-0.2, 0) is 0 Å². The Hall–Kier alpha value is -0.0800. The van der Waals surface area contributed by atoms with Crippen molar-refractivity contribution in [3.63, 3.8) is 0 Å². The third kappa shape index (κ3) is 4.97. The van der Waals surface area contributed by atoms with Crippen LogP contribution in [0.15, 0.2) is 29.2 Å². The van der Waals surface area contributed by atoms with Crippen molar-refractivity contribution in [2.24, 2.45) is 0 Å². The van der Waals surface area contributed by atoms with Gasteiger partial charge in [-0.2, -0.15) is 11.8 Å². The standard InChI is InChI=1S/C12H18S2/c1-11-5-7-12(8-6-11)14-10-4-3-9-13-2/h5-8H,3-4,9-10H2,1-2H3. The molecule has 1 aromatic rings. The highest BCUT2D eigenvalue weighted by atomic mass is 32.2. The average molecular weight is 226 g/mol. The molecule has 1 aromatic carbocycles. The van der Waals surface area contributed by atoms with Gasteiger partial charge in [-0.25, -0.2) is 0 Å². The van der Waals surface area contributed by atoms with Gasteiger partial charge in [0.2, 0.25) is 0 Å². The molecule has 2 heteroatoms. The normalized spacial score (nSPS) is 10.4. The highest BCUT2D eigenvalue weighted by molar-refractivity contribution is 7.99. The predicted octanol–water partition coefficient (Wildman–Crippen LogP) is 4.23. The van der Waals surface area contributed by atoms with Gasteiger partial charge in [0.15, 0.2) is 0 Å². The molecule has 0 nitrogen and oxygen atoms in total. The minimum absolute atomic E-state index is 1.25. The SMILES string of the molecule is CSCCCCSc1ccc(C)cc1. The summed E-state index contributed by atoms with van der Waals surface area (Å²) in [6.45, 7) is 2.13. The van der Waals surface area contributed by atoms with Crippen molar-refractivity contribution in [1.82, 2.24) is 0 Å². The van der Waals surface area contributed by atoms with Crippen molar-refractivity contribution in [2.45, 2.75) is 24.7 Å². The van der Waals surface area contributed by atoms with E-state index in [0.717, 1.165) is 0 Å². The number of aryl methyl sites for hydroxylation is 1. The van der Waals surface area contributed by atoms with Gasteiger partial charge in [0.05, 0.1) is 0 Å². The van der Waals surface area contributed by atoms with Crippen molar-refractivity contribution in [3.8, 4) is 0 Å². The predicted molar refractivity (Wildman–Crippen MR) is 69.5 cm³/mol. The Balaban J connectivity index is 2.15. The van der Waals surface area contributed by atoms with Crippen molar-refractivity contribution < 1.29 is 0 Å². The van der Waals surface area contributed by atoms with Crippen LogP contribution in [0, 0.1) is 6.92 Å². The lowest BCUT2D eigenvalue weighted by molar-refractivity contribution is 0.908. The number of thioether (sulfide) groups is 2. The van der Waals surface area contributed by atoms with Gasteiger partial charge in [-0.1, -0.05) is 17.7 Å². The molecule has 0 unspecified atom stereocenters. The molecule has 0 N–H and O–H groups in total. The molecular weight excluding hydrogens is 208 g/mol. The molecule has 0 aliphatic carbocycles. The zero-order chi connectivity index (χ0) is 10.2. The molecule has 14 heavy (non-hydrogen) atoms. The van der Waals surface area contributed by atoms with E-state index in [1.807, 2.05) is 23.5 Å². The lowest BCUT2D eigenvalue weighted by atomic mass is 10.2. The third-order valence-electron chi connectivity index (χ3n) is 2.03. The van der Waals surface area contributed by atoms with Crippen LogP contribution in [0.25, 0.3) is 0 Å². The van der Waals surface area contributed by atoms with E-state index in [9.17, 15) is 0 Å². The molecule has 0 aliphatic heterocycles. The van der Waals surface area contributed by atoms with Gasteiger partial charge in [-0.3, -0.25) is 0 Å². The Bertz CT molecular complexity index is 241. The molecular formula is C12H18S2. The summed E-state index contributed by atoms with van der Waals surface area (Å²) in [7, 11) is 0. The quantitative estimate of drug-likeness (QED) is 0.526. The maximum Gasteiger partial charge on any atom is 0.00721 e. The van der Waals surface area contributed by atoms with Gasteiger partial charge in [0.25, 0.3) is 0 Å². The molecule has 1 rings (SSSR count). The van der Waals surface area contributed by atoms with E-state index in [4.69, 9.17) is 0 Å². The molecule has 78 valence electrons. The molecule has 0 radical (unpaired) electrons. The molecule has 0 saturated carbocycles. The van der Waals surface area contributed by atoms with Gasteiger partial charge in [0, 0.05) is 4.90 Å². The van der Waals surface area contributed by atoms with Gasteiger partial charge in [0.1, 0.15) is 0 Å². The lowest BCUT2D eigenvalue weighted by Crippen LogP contribution is -1.83. The van der Waals surface area contributed by atoms with Crippen molar-refractivity contribution >= 4 is 23.5 Å². The van der Waals surface area contributed by atoms with Crippen molar-refractivity contribution in [3.05, 3.63) is 29.8 Å². The summed E-state index contributed by atoms with van der Waals surface area (Å²) in [6, 6.07) is 8.80. The molecule has 0 aromatic heterocycles. The second kappa shape index (κ2) is 7.24. The summed E-state index contributed by atoms with van der Waals surface area (Å²) in [6.07, 6.45) is 4.85. The van der Waals surface area contributed by atoms with Crippen LogP contribution in [0.5, 0.6) is 0 Å². The largest absolute Gasteiger partial charge is 0.165 e. The average Bonchev–Trinajstić information content (AvgIpc) is 2.21. The first kappa shape index (κ1) is 12.0. The van der Waals surface area contributed by atoms with Gasteiger partial charge < -0.3 is 0 Å². The number of unbranched alkanes of at least 4 members (excludes halogenated alkanes) is 1. The zero-order valence-electron chi connectivity index (χ0n) is 8.95. The molecule has 0 bridgehead atoms. The second-order valence-corrected chi connectivity index (χ2v) is 5.52. The first-order valence-electron chi connectivity index (χ1n) is 5.01. The molecule has 0 aliphatic rings. The maximum absolute atomic E-state index is 2.22. The summed E-state index contributed by atoms with van der Waals surface area (Å²) < 4.78 is 0. The van der Waals surface area contributed by atoms with E-state index < -0.39 is 0 Å². The van der Waals surface area contributed by atoms with Crippen LogP contribution in [0.3, 0.4) is 0 Å². The Morgan fingerprint density at radius 1 is 1.00 bits per heavy atom. The summed E-state index contributed by atoms with van der Waals surface area (Å²) in [5.74, 6) is 2.55. The first-order chi connectivity index (χ1) is 6.83. The van der Waals surface area contributed by atoms with E-state index in [1.54, 1.807) is 0 Å². The Morgan fingerprint density at radius 2 is 1.64 bits per heavy atom. The fourth-order valence-electron chi connectivity index (χ4n) is 1.17. The van der Waals surface area contributed by atoms with Crippen LogP contribution < -0.4 is 0 Å². The van der Waals surface area contributed by atoms with E-state index in [-0.39, 0.29) is 0 Å². The summed E-state index contributed by atoms with van der Waals surface area (Å²) >= 11 is 3.91.